The number of hydrogen-bond donors (Lipinski definition) is 2. The topological polar surface area (TPSA) is 118 Å². The Bertz CT molecular complexity index is 1530. The fraction of sp³-hybridized carbons (Fsp3) is 0.323. The van der Waals surface area contributed by atoms with Crippen molar-refractivity contribution in [1.29, 1.82) is 0 Å². The molecule has 2 aromatic carbocycles. The maximum Gasteiger partial charge on any atom is 0.389 e. The summed E-state index contributed by atoms with van der Waals surface area (Å²) in [7, 11) is 0. The molecule has 1 aliphatic rings. The summed E-state index contributed by atoms with van der Waals surface area (Å²) in [5.41, 5.74) is 7.42. The van der Waals surface area contributed by atoms with Crippen molar-refractivity contribution in [2.75, 3.05) is 4.90 Å². The summed E-state index contributed by atoms with van der Waals surface area (Å²) < 4.78 is 78.3. The lowest BCUT2D eigenvalue weighted by atomic mass is 9.83. The summed E-state index contributed by atoms with van der Waals surface area (Å²) >= 11 is 0. The van der Waals surface area contributed by atoms with Gasteiger partial charge in [-0.15, -0.1) is 0 Å². The molecule has 0 fully saturated rings. The minimum absolute atomic E-state index is 0.278. The van der Waals surface area contributed by atoms with E-state index in [1.165, 1.54) is 17.3 Å². The van der Waals surface area contributed by atoms with Gasteiger partial charge in [0.15, 0.2) is 0 Å². The Hall–Kier alpha value is -4.75. The second-order valence-electron chi connectivity index (χ2n) is 10.4. The summed E-state index contributed by atoms with van der Waals surface area (Å²) in [6.07, 6.45) is -13.2. The first-order chi connectivity index (χ1) is 21.2. The SMILES string of the molecule is NC(=O)[C@@H](CCCC(F)(F)F)[C@@H](CCC(F)(F)F)C(=O)N[C@H]1N=C(c2ccccc2)c2ccccc2N(c2cccnc2)C1=O. The predicted octanol–water partition coefficient (Wildman–Crippen LogP) is 5.83. The molecular formula is C31H29F6N5O3. The van der Waals surface area contributed by atoms with E-state index in [-0.39, 0.29) is 5.71 Å². The van der Waals surface area contributed by atoms with Crippen LogP contribution in [0.5, 0.6) is 0 Å². The number of benzene rings is 2. The number of carbonyl (C=O) groups is 3. The van der Waals surface area contributed by atoms with Gasteiger partial charge in [-0.3, -0.25) is 24.3 Å². The van der Waals surface area contributed by atoms with Crippen LogP contribution in [-0.4, -0.2) is 46.9 Å². The lowest BCUT2D eigenvalue weighted by Gasteiger charge is -2.28. The lowest BCUT2D eigenvalue weighted by molar-refractivity contribution is -0.147. The van der Waals surface area contributed by atoms with Crippen LogP contribution in [0, 0.1) is 11.8 Å². The van der Waals surface area contributed by atoms with Gasteiger partial charge in [-0.2, -0.15) is 26.3 Å². The number of anilines is 2. The summed E-state index contributed by atoms with van der Waals surface area (Å²) in [6, 6.07) is 18.6. The Labute approximate surface area is 254 Å². The highest BCUT2D eigenvalue weighted by Crippen LogP contribution is 2.35. The van der Waals surface area contributed by atoms with Crippen LogP contribution in [0.3, 0.4) is 0 Å². The first-order valence-electron chi connectivity index (χ1n) is 13.9. The van der Waals surface area contributed by atoms with E-state index >= 15 is 0 Å². The van der Waals surface area contributed by atoms with Gasteiger partial charge in [0.1, 0.15) is 0 Å². The van der Waals surface area contributed by atoms with E-state index in [0.717, 1.165) is 0 Å². The third kappa shape index (κ3) is 8.67. The quantitative estimate of drug-likeness (QED) is 0.258. The van der Waals surface area contributed by atoms with Crippen LogP contribution in [-0.2, 0) is 14.4 Å². The van der Waals surface area contributed by atoms with Gasteiger partial charge in [0.2, 0.25) is 18.0 Å². The average molecular weight is 634 g/mol. The number of nitrogens with zero attached hydrogens (tertiary/aromatic N) is 3. The molecule has 2 heterocycles. The fourth-order valence-electron chi connectivity index (χ4n) is 5.18. The minimum Gasteiger partial charge on any atom is -0.369 e. The van der Waals surface area contributed by atoms with Crippen molar-refractivity contribution in [2.45, 2.75) is 50.6 Å². The molecule has 1 aliphatic heterocycles. The molecule has 3 N–H and O–H groups in total. The first kappa shape index (κ1) is 33.1. The summed E-state index contributed by atoms with van der Waals surface area (Å²) in [5.74, 6) is -6.67. The molecule has 0 aliphatic carbocycles. The molecule has 8 nitrogen and oxygen atoms in total. The zero-order valence-electron chi connectivity index (χ0n) is 23.7. The number of carbonyl (C=O) groups excluding carboxylic acids is 3. The van der Waals surface area contributed by atoms with Crippen molar-refractivity contribution in [3.63, 3.8) is 0 Å². The van der Waals surface area contributed by atoms with Gasteiger partial charge in [-0.1, -0.05) is 48.5 Å². The number of halogens is 6. The highest BCUT2D eigenvalue weighted by atomic mass is 19.4. The van der Waals surface area contributed by atoms with Gasteiger partial charge in [0.05, 0.1) is 23.3 Å². The Kier molecular flexibility index (Phi) is 10.2. The number of fused-ring (bicyclic) bond motifs is 1. The van der Waals surface area contributed by atoms with Crippen molar-refractivity contribution >= 4 is 34.8 Å². The molecule has 3 atom stereocenters. The summed E-state index contributed by atoms with van der Waals surface area (Å²) in [6.45, 7) is 0. The molecule has 238 valence electrons. The number of aromatic nitrogens is 1. The zero-order chi connectivity index (χ0) is 32.8. The fourth-order valence-corrected chi connectivity index (χ4v) is 5.18. The zero-order valence-corrected chi connectivity index (χ0v) is 23.7. The summed E-state index contributed by atoms with van der Waals surface area (Å²) in [5, 5.41) is 2.39. The normalized spacial score (nSPS) is 16.7. The van der Waals surface area contributed by atoms with Crippen LogP contribution < -0.4 is 16.0 Å². The second kappa shape index (κ2) is 13.9. The van der Waals surface area contributed by atoms with Gasteiger partial charge in [-0.25, -0.2) is 4.99 Å². The number of para-hydroxylation sites is 1. The van der Waals surface area contributed by atoms with E-state index < -0.39 is 80.2 Å². The molecule has 0 unspecified atom stereocenters. The molecular weight excluding hydrogens is 604 g/mol. The maximum atomic E-state index is 14.1. The van der Waals surface area contributed by atoms with Crippen LogP contribution in [0.4, 0.5) is 37.7 Å². The Morgan fingerprint density at radius 1 is 0.867 bits per heavy atom. The molecule has 0 radical (unpaired) electrons. The minimum atomic E-state index is -4.75. The number of benzodiazepines with no additional fused rings is 1. The van der Waals surface area contributed by atoms with Crippen molar-refractivity contribution in [3.8, 4) is 0 Å². The molecule has 3 amide bonds. The number of alkyl halides is 6. The standard InChI is InChI=1S/C31H29F6N5O3/c32-30(33,34)15-6-12-21(26(38)43)22(14-16-31(35,36)37)28(44)41-27-29(45)42(20-10-7-17-39-18-20)24-13-5-4-11-23(24)25(40-27)19-8-2-1-3-9-19/h1-5,7-11,13,17-18,21-22,27H,6,12,14-16H2,(H2,38,43)(H,41,44)/t21-,22+,27+/m0/s1. The molecule has 45 heavy (non-hydrogen) atoms. The van der Waals surface area contributed by atoms with Crippen LogP contribution >= 0.6 is 0 Å². The number of nitrogens with one attached hydrogen (secondary N) is 1. The number of pyridine rings is 1. The molecule has 14 heteroatoms. The number of primary amides is 1. The molecule has 0 saturated heterocycles. The van der Waals surface area contributed by atoms with Crippen molar-refractivity contribution < 1.29 is 40.7 Å². The van der Waals surface area contributed by atoms with E-state index in [2.05, 4.69) is 15.3 Å². The van der Waals surface area contributed by atoms with Crippen LogP contribution in [0.1, 0.15) is 43.2 Å². The van der Waals surface area contributed by atoms with Crippen LogP contribution in [0.2, 0.25) is 0 Å². The first-order valence-corrected chi connectivity index (χ1v) is 13.9. The lowest BCUT2D eigenvalue weighted by Crippen LogP contribution is -2.50. The van der Waals surface area contributed by atoms with Crippen molar-refractivity contribution in [1.82, 2.24) is 10.3 Å². The van der Waals surface area contributed by atoms with Gasteiger partial charge < -0.3 is 11.1 Å². The number of rotatable bonds is 11. The molecule has 0 spiro atoms. The highest BCUT2D eigenvalue weighted by molar-refractivity contribution is 6.21. The van der Waals surface area contributed by atoms with Gasteiger partial charge in [0.25, 0.3) is 5.91 Å². The van der Waals surface area contributed by atoms with Gasteiger partial charge in [0, 0.05) is 42.0 Å². The molecule has 4 rings (SSSR count). The Morgan fingerprint density at radius 3 is 2.16 bits per heavy atom. The van der Waals surface area contributed by atoms with Crippen molar-refractivity contribution in [3.05, 3.63) is 90.3 Å². The third-order valence-electron chi connectivity index (χ3n) is 7.25. The van der Waals surface area contributed by atoms with Crippen LogP contribution in [0.15, 0.2) is 84.1 Å². The van der Waals surface area contributed by atoms with Gasteiger partial charge in [-0.05, 0) is 37.5 Å². The number of hydrogen-bond acceptors (Lipinski definition) is 5. The molecule has 0 saturated carbocycles. The third-order valence-corrected chi connectivity index (χ3v) is 7.25. The summed E-state index contributed by atoms with van der Waals surface area (Å²) in [4.78, 5) is 50.0. The monoisotopic (exact) mass is 633 g/mol. The molecule has 1 aromatic heterocycles. The van der Waals surface area contributed by atoms with E-state index in [1.54, 1.807) is 66.7 Å². The smallest absolute Gasteiger partial charge is 0.369 e. The molecule has 0 bridgehead atoms. The van der Waals surface area contributed by atoms with Crippen molar-refractivity contribution in [2.24, 2.45) is 22.6 Å². The van der Waals surface area contributed by atoms with E-state index in [4.69, 9.17) is 5.73 Å². The number of nitrogens with two attached hydrogens (primary N) is 1. The largest absolute Gasteiger partial charge is 0.389 e. The van der Waals surface area contributed by atoms with E-state index in [9.17, 15) is 40.7 Å². The molecule has 3 aromatic rings. The van der Waals surface area contributed by atoms with E-state index in [1.807, 2.05) is 0 Å². The van der Waals surface area contributed by atoms with Gasteiger partial charge >= 0.3 is 12.4 Å². The second-order valence-corrected chi connectivity index (χ2v) is 10.4. The maximum absolute atomic E-state index is 14.1. The number of aliphatic imine (C=N–C) groups is 1. The van der Waals surface area contributed by atoms with E-state index in [0.29, 0.717) is 22.5 Å². The predicted molar refractivity (Wildman–Crippen MR) is 153 cm³/mol. The number of amides is 3. The average Bonchev–Trinajstić information content (AvgIpc) is 3.10. The Balaban J connectivity index is 1.77. The highest BCUT2D eigenvalue weighted by Gasteiger charge is 2.40. The Morgan fingerprint density at radius 2 is 1.53 bits per heavy atom. The van der Waals surface area contributed by atoms with Crippen LogP contribution in [0.25, 0.3) is 0 Å².